The van der Waals surface area contributed by atoms with Crippen molar-refractivity contribution < 1.29 is 14.3 Å². The fraction of sp³-hybridized carbons (Fsp3) is 0.524. The molecule has 0 spiro atoms. The molecule has 1 aromatic heterocycles. The van der Waals surface area contributed by atoms with Gasteiger partial charge in [0.05, 0.1) is 11.8 Å². The van der Waals surface area contributed by atoms with Gasteiger partial charge in [-0.25, -0.2) is 4.79 Å². The molecule has 3 rings (SSSR count). The van der Waals surface area contributed by atoms with Gasteiger partial charge in [0.1, 0.15) is 11.9 Å². The molecule has 1 saturated heterocycles. The van der Waals surface area contributed by atoms with Crippen molar-refractivity contribution >= 4 is 23.8 Å². The highest BCUT2D eigenvalue weighted by Gasteiger charge is 2.35. The molecule has 2 amide bonds. The maximum absolute atomic E-state index is 12.8. The van der Waals surface area contributed by atoms with Crippen LogP contribution in [0.1, 0.15) is 39.7 Å². The van der Waals surface area contributed by atoms with Crippen LogP contribution < -0.4 is 5.32 Å². The fourth-order valence-electron chi connectivity index (χ4n) is 3.36. The molecule has 1 aromatic carbocycles. The minimum Gasteiger partial charge on any atom is -0.444 e. The summed E-state index contributed by atoms with van der Waals surface area (Å²) in [6, 6.07) is 7.84. The number of nitrogens with one attached hydrogen (secondary N) is 1. The zero-order chi connectivity index (χ0) is 21.9. The Balaban J connectivity index is 1.56. The molecule has 2 heterocycles. The first-order valence-corrected chi connectivity index (χ1v) is 11.0. The number of hydrogen-bond donors (Lipinski definition) is 1. The van der Waals surface area contributed by atoms with Gasteiger partial charge in [0.15, 0.2) is 5.16 Å². The van der Waals surface area contributed by atoms with Crippen LogP contribution in [0.2, 0.25) is 0 Å². The lowest BCUT2D eigenvalue weighted by atomic mass is 10.1. The number of rotatable bonds is 5. The monoisotopic (exact) mass is 431 g/mol. The maximum atomic E-state index is 12.8. The van der Waals surface area contributed by atoms with Crippen molar-refractivity contribution in [1.29, 1.82) is 0 Å². The summed E-state index contributed by atoms with van der Waals surface area (Å²) in [5, 5.41) is 11.7. The third kappa shape index (κ3) is 5.53. The van der Waals surface area contributed by atoms with Gasteiger partial charge in [0.2, 0.25) is 5.91 Å². The Morgan fingerprint density at radius 3 is 2.63 bits per heavy atom. The van der Waals surface area contributed by atoms with E-state index >= 15 is 0 Å². The van der Waals surface area contributed by atoms with Gasteiger partial charge in [-0.15, -0.1) is 10.2 Å². The van der Waals surface area contributed by atoms with Gasteiger partial charge in [-0.3, -0.25) is 9.36 Å². The zero-order valence-corrected chi connectivity index (χ0v) is 18.9. The van der Waals surface area contributed by atoms with E-state index < -0.39 is 11.7 Å². The van der Waals surface area contributed by atoms with Crippen molar-refractivity contribution in [2.45, 2.75) is 63.9 Å². The SMILES string of the molecule is Cc1ccc(-n2cnnc2SCC(=O)N2CC[C@@H](NC(=O)OC(C)(C)C)[C@H]2C)cc1. The van der Waals surface area contributed by atoms with Gasteiger partial charge in [-0.2, -0.15) is 0 Å². The molecule has 30 heavy (non-hydrogen) atoms. The van der Waals surface area contributed by atoms with Gasteiger partial charge in [-0.05, 0) is 53.2 Å². The molecule has 9 heteroatoms. The maximum Gasteiger partial charge on any atom is 0.407 e. The van der Waals surface area contributed by atoms with E-state index in [1.165, 1.54) is 17.3 Å². The molecule has 0 unspecified atom stereocenters. The second-order valence-corrected chi connectivity index (χ2v) is 9.42. The standard InChI is InChI=1S/C21H29N5O3S/c1-14-6-8-16(9-7-14)26-13-22-24-19(26)30-12-18(27)25-11-10-17(15(25)2)23-20(28)29-21(3,4)5/h6-9,13,15,17H,10-12H2,1-5H3,(H,23,28)/t15-,17-/m1/s1. The number of carbonyl (C=O) groups excluding carboxylic acids is 2. The summed E-state index contributed by atoms with van der Waals surface area (Å²) in [7, 11) is 0. The molecule has 8 nitrogen and oxygen atoms in total. The fourth-order valence-corrected chi connectivity index (χ4v) is 4.17. The van der Waals surface area contributed by atoms with Crippen LogP contribution in [0.3, 0.4) is 0 Å². The summed E-state index contributed by atoms with van der Waals surface area (Å²) < 4.78 is 7.20. The minimum absolute atomic E-state index is 0.0134. The first-order chi connectivity index (χ1) is 14.1. The quantitative estimate of drug-likeness (QED) is 0.732. The van der Waals surface area contributed by atoms with E-state index in [1.807, 2.05) is 68.4 Å². The summed E-state index contributed by atoms with van der Waals surface area (Å²) in [5.74, 6) is 0.271. The number of carbonyl (C=O) groups is 2. The Labute approximate surface area is 181 Å². The number of benzene rings is 1. The van der Waals surface area contributed by atoms with Gasteiger partial charge in [0.25, 0.3) is 0 Å². The molecule has 1 aliphatic heterocycles. The number of ether oxygens (including phenoxy) is 1. The number of thioether (sulfide) groups is 1. The van der Waals surface area contributed by atoms with E-state index in [0.717, 1.165) is 5.69 Å². The molecule has 0 radical (unpaired) electrons. The predicted molar refractivity (Wildman–Crippen MR) is 116 cm³/mol. The Bertz CT molecular complexity index is 891. The third-order valence-electron chi connectivity index (χ3n) is 4.93. The summed E-state index contributed by atoms with van der Waals surface area (Å²) in [6.07, 6.45) is 1.90. The van der Waals surface area contributed by atoms with Crippen LogP contribution in [0.15, 0.2) is 35.7 Å². The summed E-state index contributed by atoms with van der Waals surface area (Å²) in [6.45, 7) is 10.1. The smallest absolute Gasteiger partial charge is 0.407 e. The number of aromatic nitrogens is 3. The number of alkyl carbamates (subject to hydrolysis) is 1. The van der Waals surface area contributed by atoms with Gasteiger partial charge in [-0.1, -0.05) is 29.5 Å². The number of nitrogens with zero attached hydrogens (tertiary/aromatic N) is 4. The van der Waals surface area contributed by atoms with Crippen LogP contribution in [0, 0.1) is 6.92 Å². The van der Waals surface area contributed by atoms with Crippen LogP contribution in [0.25, 0.3) is 5.69 Å². The molecule has 1 aliphatic rings. The Morgan fingerprint density at radius 2 is 1.97 bits per heavy atom. The number of likely N-dealkylation sites (tertiary alicyclic amines) is 1. The minimum atomic E-state index is -0.550. The summed E-state index contributed by atoms with van der Waals surface area (Å²) >= 11 is 1.36. The van der Waals surface area contributed by atoms with Crippen LogP contribution in [-0.4, -0.2) is 61.6 Å². The molecule has 2 atom stereocenters. The van der Waals surface area contributed by atoms with Crippen LogP contribution in [0.4, 0.5) is 4.79 Å². The van der Waals surface area contributed by atoms with Gasteiger partial charge in [0, 0.05) is 18.3 Å². The second-order valence-electron chi connectivity index (χ2n) is 8.48. The topological polar surface area (TPSA) is 89.4 Å². The largest absolute Gasteiger partial charge is 0.444 e. The second kappa shape index (κ2) is 9.07. The number of aryl methyl sites for hydroxylation is 1. The molecule has 0 aliphatic carbocycles. The molecule has 1 fully saturated rings. The van der Waals surface area contributed by atoms with Crippen molar-refractivity contribution in [3.05, 3.63) is 36.2 Å². The Morgan fingerprint density at radius 1 is 1.27 bits per heavy atom. The molecular formula is C21H29N5O3S. The molecular weight excluding hydrogens is 402 g/mol. The molecule has 0 saturated carbocycles. The van der Waals surface area contributed by atoms with Crippen molar-refractivity contribution in [3.63, 3.8) is 0 Å². The molecule has 1 N–H and O–H groups in total. The van der Waals surface area contributed by atoms with E-state index in [4.69, 9.17) is 4.74 Å². The molecule has 2 aromatic rings. The van der Waals surface area contributed by atoms with Gasteiger partial charge < -0.3 is 15.0 Å². The molecule has 162 valence electrons. The van der Waals surface area contributed by atoms with E-state index in [2.05, 4.69) is 15.5 Å². The lowest BCUT2D eigenvalue weighted by Gasteiger charge is -2.26. The third-order valence-corrected chi connectivity index (χ3v) is 5.86. The normalized spacial score (nSPS) is 19.0. The highest BCUT2D eigenvalue weighted by molar-refractivity contribution is 7.99. The van der Waals surface area contributed by atoms with E-state index in [0.29, 0.717) is 18.1 Å². The highest BCUT2D eigenvalue weighted by Crippen LogP contribution is 2.23. The first kappa shape index (κ1) is 22.1. The van der Waals surface area contributed by atoms with E-state index in [9.17, 15) is 9.59 Å². The molecule has 0 bridgehead atoms. The summed E-state index contributed by atoms with van der Waals surface area (Å²) in [4.78, 5) is 26.7. The van der Waals surface area contributed by atoms with Crippen molar-refractivity contribution in [3.8, 4) is 5.69 Å². The number of amides is 2. The average molecular weight is 432 g/mol. The first-order valence-electron chi connectivity index (χ1n) is 10.0. The van der Waals surface area contributed by atoms with Crippen molar-refractivity contribution in [2.75, 3.05) is 12.3 Å². The van der Waals surface area contributed by atoms with Crippen molar-refractivity contribution in [2.24, 2.45) is 0 Å². The lowest BCUT2D eigenvalue weighted by molar-refractivity contribution is -0.129. The van der Waals surface area contributed by atoms with Crippen LogP contribution in [-0.2, 0) is 9.53 Å². The predicted octanol–water partition coefficient (Wildman–Crippen LogP) is 3.18. The highest BCUT2D eigenvalue weighted by atomic mass is 32.2. The van der Waals surface area contributed by atoms with E-state index in [-0.39, 0.29) is 23.7 Å². The zero-order valence-electron chi connectivity index (χ0n) is 18.1. The van der Waals surface area contributed by atoms with Crippen molar-refractivity contribution in [1.82, 2.24) is 25.0 Å². The Hall–Kier alpha value is -2.55. The average Bonchev–Trinajstić information content (AvgIpc) is 3.26. The van der Waals surface area contributed by atoms with Crippen LogP contribution >= 0.6 is 11.8 Å². The van der Waals surface area contributed by atoms with E-state index in [1.54, 1.807) is 6.33 Å². The van der Waals surface area contributed by atoms with Crippen LogP contribution in [0.5, 0.6) is 0 Å². The number of hydrogen-bond acceptors (Lipinski definition) is 6. The lowest BCUT2D eigenvalue weighted by Crippen LogP contribution is -2.46. The Kier molecular flexibility index (Phi) is 6.70. The summed E-state index contributed by atoms with van der Waals surface area (Å²) in [5.41, 5.74) is 1.58. The van der Waals surface area contributed by atoms with Gasteiger partial charge >= 0.3 is 6.09 Å².